The highest BCUT2D eigenvalue weighted by molar-refractivity contribution is 9.10. The van der Waals surface area contributed by atoms with E-state index in [1.165, 1.54) is 0 Å². The van der Waals surface area contributed by atoms with Crippen LogP contribution in [0.2, 0.25) is 0 Å². The van der Waals surface area contributed by atoms with Crippen molar-refractivity contribution in [2.75, 3.05) is 6.54 Å². The van der Waals surface area contributed by atoms with Gasteiger partial charge in [-0.25, -0.2) is 0 Å². The van der Waals surface area contributed by atoms with Crippen molar-refractivity contribution in [2.45, 2.75) is 19.1 Å². The Bertz CT molecular complexity index is 569. The van der Waals surface area contributed by atoms with Crippen molar-refractivity contribution in [3.05, 3.63) is 40.5 Å². The van der Waals surface area contributed by atoms with Crippen LogP contribution in [0.25, 0.3) is 10.9 Å². The maximum absolute atomic E-state index is 12.0. The highest BCUT2D eigenvalue weighted by Crippen LogP contribution is 2.25. The van der Waals surface area contributed by atoms with Gasteiger partial charge in [0.2, 0.25) is 0 Å². The van der Waals surface area contributed by atoms with Gasteiger partial charge in [0, 0.05) is 29.1 Å². The minimum atomic E-state index is -4.12. The fraction of sp³-hybridized carbons (Fsp3) is 0.308. The number of hydrogen-bond donors (Lipinski definition) is 1. The number of pyridine rings is 1. The van der Waals surface area contributed by atoms with Gasteiger partial charge in [-0.2, -0.15) is 13.2 Å². The number of hydrogen-bond acceptors (Lipinski definition) is 2. The second-order valence-corrected chi connectivity index (χ2v) is 5.00. The molecule has 2 aromatic rings. The lowest BCUT2D eigenvalue weighted by molar-refractivity contribution is -0.133. The molecule has 6 heteroatoms. The highest BCUT2D eigenvalue weighted by atomic mass is 79.9. The Morgan fingerprint density at radius 3 is 2.74 bits per heavy atom. The normalized spacial score (nSPS) is 12.0. The Morgan fingerprint density at radius 1 is 1.21 bits per heavy atom. The van der Waals surface area contributed by atoms with Gasteiger partial charge >= 0.3 is 6.18 Å². The molecule has 2 rings (SSSR count). The van der Waals surface area contributed by atoms with Gasteiger partial charge in [0.1, 0.15) is 0 Å². The van der Waals surface area contributed by atoms with Crippen molar-refractivity contribution < 1.29 is 13.2 Å². The summed E-state index contributed by atoms with van der Waals surface area (Å²) in [7, 11) is 0. The smallest absolute Gasteiger partial charge is 0.312 e. The van der Waals surface area contributed by atoms with Gasteiger partial charge in [0.05, 0.1) is 11.9 Å². The zero-order valence-electron chi connectivity index (χ0n) is 9.97. The van der Waals surface area contributed by atoms with Gasteiger partial charge in [0.15, 0.2) is 0 Å². The SMILES string of the molecule is FC(F)(F)CCNCc1ccc(Br)c2cccnc12. The Hall–Kier alpha value is -1.14. The molecule has 0 atom stereocenters. The second-order valence-electron chi connectivity index (χ2n) is 4.15. The molecule has 19 heavy (non-hydrogen) atoms. The summed E-state index contributed by atoms with van der Waals surface area (Å²) in [5.41, 5.74) is 1.69. The minimum absolute atomic E-state index is 0.0894. The van der Waals surface area contributed by atoms with Crippen LogP contribution >= 0.6 is 15.9 Å². The van der Waals surface area contributed by atoms with Crippen LogP contribution in [0.15, 0.2) is 34.9 Å². The molecule has 0 aliphatic heterocycles. The molecule has 1 N–H and O–H groups in total. The van der Waals surface area contributed by atoms with E-state index >= 15 is 0 Å². The van der Waals surface area contributed by atoms with Gasteiger partial charge in [-0.1, -0.05) is 28.1 Å². The first-order valence-corrected chi connectivity index (χ1v) is 6.56. The van der Waals surface area contributed by atoms with Gasteiger partial charge < -0.3 is 5.32 Å². The van der Waals surface area contributed by atoms with E-state index in [-0.39, 0.29) is 6.54 Å². The van der Waals surface area contributed by atoms with Crippen molar-refractivity contribution >= 4 is 26.8 Å². The van der Waals surface area contributed by atoms with Crippen LogP contribution in [0.4, 0.5) is 13.2 Å². The molecule has 1 heterocycles. The lowest BCUT2D eigenvalue weighted by Crippen LogP contribution is -2.21. The number of rotatable bonds is 4. The molecule has 0 amide bonds. The van der Waals surface area contributed by atoms with Gasteiger partial charge in [0.25, 0.3) is 0 Å². The lowest BCUT2D eigenvalue weighted by atomic mass is 10.1. The molecule has 0 aliphatic carbocycles. The van der Waals surface area contributed by atoms with E-state index in [0.717, 1.165) is 20.9 Å². The molecular formula is C13H12BrF3N2. The average molecular weight is 333 g/mol. The predicted octanol–water partition coefficient (Wildman–Crippen LogP) is 4.04. The third-order valence-corrected chi connectivity index (χ3v) is 3.39. The van der Waals surface area contributed by atoms with Crippen molar-refractivity contribution in [2.24, 2.45) is 0 Å². The van der Waals surface area contributed by atoms with Gasteiger partial charge in [-0.05, 0) is 17.7 Å². The molecule has 0 radical (unpaired) electrons. The van der Waals surface area contributed by atoms with Crippen LogP contribution < -0.4 is 5.32 Å². The van der Waals surface area contributed by atoms with E-state index < -0.39 is 12.6 Å². The summed E-state index contributed by atoms with van der Waals surface area (Å²) in [6, 6.07) is 7.49. The number of benzene rings is 1. The van der Waals surface area contributed by atoms with Crippen LogP contribution in [-0.2, 0) is 6.54 Å². The monoisotopic (exact) mass is 332 g/mol. The number of halogens is 4. The molecule has 0 saturated carbocycles. The van der Waals surface area contributed by atoms with Crippen LogP contribution in [0, 0.1) is 0 Å². The van der Waals surface area contributed by atoms with E-state index in [2.05, 4.69) is 26.2 Å². The van der Waals surface area contributed by atoms with E-state index in [1.807, 2.05) is 24.3 Å². The molecule has 0 fully saturated rings. The first-order chi connectivity index (χ1) is 8.97. The Kier molecular flexibility index (Phi) is 4.42. The number of nitrogens with zero attached hydrogens (tertiary/aromatic N) is 1. The molecule has 102 valence electrons. The zero-order chi connectivity index (χ0) is 13.9. The maximum Gasteiger partial charge on any atom is 0.390 e. The highest BCUT2D eigenvalue weighted by Gasteiger charge is 2.25. The lowest BCUT2D eigenvalue weighted by Gasteiger charge is -2.10. The fourth-order valence-corrected chi connectivity index (χ4v) is 2.24. The molecule has 2 nitrogen and oxygen atoms in total. The van der Waals surface area contributed by atoms with Crippen molar-refractivity contribution in [1.29, 1.82) is 0 Å². The maximum atomic E-state index is 12.0. The van der Waals surface area contributed by atoms with Gasteiger partial charge in [-0.3, -0.25) is 4.98 Å². The van der Waals surface area contributed by atoms with Crippen molar-refractivity contribution in [3.63, 3.8) is 0 Å². The third kappa shape index (κ3) is 3.91. The zero-order valence-corrected chi connectivity index (χ0v) is 11.6. The Balaban J connectivity index is 2.07. The van der Waals surface area contributed by atoms with E-state index in [0.29, 0.717) is 6.54 Å². The molecular weight excluding hydrogens is 321 g/mol. The largest absolute Gasteiger partial charge is 0.390 e. The standard InChI is InChI=1S/C13H12BrF3N2/c14-11-4-3-9(8-18-7-5-13(15,16)17)12-10(11)2-1-6-19-12/h1-4,6,18H,5,7-8H2. The predicted molar refractivity (Wildman–Crippen MR) is 71.8 cm³/mol. The molecule has 0 saturated heterocycles. The molecule has 1 aromatic carbocycles. The number of aromatic nitrogens is 1. The summed E-state index contributed by atoms with van der Waals surface area (Å²) in [5, 5.41) is 3.75. The van der Waals surface area contributed by atoms with Crippen LogP contribution in [0.1, 0.15) is 12.0 Å². The van der Waals surface area contributed by atoms with E-state index in [9.17, 15) is 13.2 Å². The molecule has 0 aliphatic rings. The van der Waals surface area contributed by atoms with Gasteiger partial charge in [-0.15, -0.1) is 0 Å². The first-order valence-electron chi connectivity index (χ1n) is 5.77. The summed E-state index contributed by atoms with van der Waals surface area (Å²) in [4.78, 5) is 4.28. The molecule has 0 bridgehead atoms. The van der Waals surface area contributed by atoms with Crippen LogP contribution in [0.3, 0.4) is 0 Å². The summed E-state index contributed by atoms with van der Waals surface area (Å²) in [5.74, 6) is 0. The van der Waals surface area contributed by atoms with Crippen LogP contribution in [-0.4, -0.2) is 17.7 Å². The molecule has 0 spiro atoms. The minimum Gasteiger partial charge on any atom is -0.312 e. The van der Waals surface area contributed by atoms with E-state index in [1.54, 1.807) is 6.20 Å². The third-order valence-electron chi connectivity index (χ3n) is 2.70. The second kappa shape index (κ2) is 5.88. The topological polar surface area (TPSA) is 24.9 Å². The first kappa shape index (κ1) is 14.3. The number of nitrogens with one attached hydrogen (secondary N) is 1. The van der Waals surface area contributed by atoms with E-state index in [4.69, 9.17) is 0 Å². The summed E-state index contributed by atoms with van der Waals surface area (Å²) in [6.07, 6.45) is -3.27. The quantitative estimate of drug-likeness (QED) is 0.855. The molecule has 1 aromatic heterocycles. The van der Waals surface area contributed by atoms with Crippen molar-refractivity contribution in [3.8, 4) is 0 Å². The number of fused-ring (bicyclic) bond motifs is 1. The summed E-state index contributed by atoms with van der Waals surface area (Å²) >= 11 is 3.43. The summed E-state index contributed by atoms with van der Waals surface area (Å²) < 4.78 is 37.0. The van der Waals surface area contributed by atoms with Crippen molar-refractivity contribution in [1.82, 2.24) is 10.3 Å². The van der Waals surface area contributed by atoms with Crippen LogP contribution in [0.5, 0.6) is 0 Å². The number of alkyl halides is 3. The average Bonchev–Trinajstić information content (AvgIpc) is 2.36. The summed E-state index contributed by atoms with van der Waals surface area (Å²) in [6.45, 7) is 0.283. The molecule has 0 unspecified atom stereocenters. The fourth-order valence-electron chi connectivity index (χ4n) is 1.79. The Labute approximate surface area is 117 Å². The Morgan fingerprint density at radius 2 is 2.00 bits per heavy atom.